The van der Waals surface area contributed by atoms with Gasteiger partial charge < -0.3 is 10.2 Å². The van der Waals surface area contributed by atoms with Crippen molar-refractivity contribution in [2.75, 3.05) is 12.4 Å². The number of hydrogen-bond acceptors (Lipinski definition) is 5. The maximum atomic E-state index is 5.79. The van der Waals surface area contributed by atoms with Gasteiger partial charge in [0, 0.05) is 18.1 Å². The van der Waals surface area contributed by atoms with Crippen LogP contribution < -0.4 is 5.32 Å². The third-order valence-electron chi connectivity index (χ3n) is 4.25. The highest BCUT2D eigenvalue weighted by atomic mass is 35.5. The van der Waals surface area contributed by atoms with Crippen LogP contribution in [-0.4, -0.2) is 45.0 Å². The van der Waals surface area contributed by atoms with Crippen molar-refractivity contribution in [2.24, 2.45) is 0 Å². The van der Waals surface area contributed by atoms with Crippen molar-refractivity contribution >= 4 is 29.2 Å². The fourth-order valence-corrected chi connectivity index (χ4v) is 3.67. The van der Waals surface area contributed by atoms with E-state index in [1.165, 1.54) is 19.3 Å². The number of fused-ring (bicyclic) bond motifs is 2. The van der Waals surface area contributed by atoms with Crippen LogP contribution in [0.1, 0.15) is 32.1 Å². The van der Waals surface area contributed by atoms with E-state index in [1.807, 2.05) is 0 Å². The topological polar surface area (TPSA) is 53.9 Å². The highest BCUT2D eigenvalue weighted by Crippen LogP contribution is 2.33. The molecule has 2 fully saturated rings. The van der Waals surface area contributed by atoms with Crippen molar-refractivity contribution in [2.45, 2.75) is 50.2 Å². The van der Waals surface area contributed by atoms with E-state index in [2.05, 4.69) is 32.2 Å². The minimum absolute atomic E-state index is 0.135. The smallest absolute Gasteiger partial charge is 0.228 e. The molecule has 3 heterocycles. The Bertz CT molecular complexity index is 435. The molecule has 2 aliphatic heterocycles. The Hall–Kier alpha value is -0.650. The Morgan fingerprint density at radius 3 is 2.21 bits per heavy atom. The third kappa shape index (κ3) is 2.93. The molecule has 0 aliphatic carbocycles. The summed E-state index contributed by atoms with van der Waals surface area (Å²) < 4.78 is 0. The molecule has 0 radical (unpaired) electrons. The Morgan fingerprint density at radius 1 is 1.05 bits per heavy atom. The lowest BCUT2D eigenvalue weighted by molar-refractivity contribution is 0.0607. The fraction of sp³-hybridized carbons (Fsp3) is 0.750. The standard InChI is InChI=1S/C12H17Cl2N5/c1-19-8-3-2-4-9(19)6-7(5-8)15-12-17-10(13)16-11(14)18-12/h7-9H,2-6H2,1H3,(H,15,16,17,18). The van der Waals surface area contributed by atoms with Gasteiger partial charge in [-0.2, -0.15) is 15.0 Å². The fourth-order valence-electron chi connectivity index (χ4n) is 3.31. The summed E-state index contributed by atoms with van der Waals surface area (Å²) in [5, 5.41) is 3.62. The quantitative estimate of drug-likeness (QED) is 0.910. The predicted molar refractivity (Wildman–Crippen MR) is 75.7 cm³/mol. The van der Waals surface area contributed by atoms with Crippen LogP contribution >= 0.6 is 23.2 Å². The number of halogens is 2. The van der Waals surface area contributed by atoms with Crippen LogP contribution in [0.25, 0.3) is 0 Å². The molecule has 0 aromatic carbocycles. The second-order valence-electron chi connectivity index (χ2n) is 5.41. The molecule has 7 heteroatoms. The van der Waals surface area contributed by atoms with Gasteiger partial charge in [0.2, 0.25) is 16.5 Å². The van der Waals surface area contributed by atoms with Gasteiger partial charge in [0.05, 0.1) is 0 Å². The van der Waals surface area contributed by atoms with Crippen LogP contribution in [-0.2, 0) is 0 Å². The minimum atomic E-state index is 0.135. The molecule has 1 aromatic rings. The molecule has 2 unspecified atom stereocenters. The molecule has 2 saturated heterocycles. The highest BCUT2D eigenvalue weighted by Gasteiger charge is 2.36. The molecule has 1 aromatic heterocycles. The molecule has 104 valence electrons. The van der Waals surface area contributed by atoms with Crippen molar-refractivity contribution in [1.82, 2.24) is 19.9 Å². The van der Waals surface area contributed by atoms with E-state index in [9.17, 15) is 0 Å². The van der Waals surface area contributed by atoms with Crippen molar-refractivity contribution in [3.8, 4) is 0 Å². The Balaban J connectivity index is 1.70. The summed E-state index contributed by atoms with van der Waals surface area (Å²) >= 11 is 11.6. The number of anilines is 1. The van der Waals surface area contributed by atoms with Gasteiger partial charge in [-0.25, -0.2) is 0 Å². The SMILES string of the molecule is CN1C2CCCC1CC(Nc1nc(Cl)nc(Cl)n1)C2. The van der Waals surface area contributed by atoms with Crippen molar-refractivity contribution in [3.63, 3.8) is 0 Å². The summed E-state index contributed by atoms with van der Waals surface area (Å²) in [7, 11) is 2.24. The molecule has 2 aliphatic rings. The summed E-state index contributed by atoms with van der Waals surface area (Å²) in [6.07, 6.45) is 6.14. The zero-order chi connectivity index (χ0) is 13.4. The van der Waals surface area contributed by atoms with Gasteiger partial charge in [0.25, 0.3) is 0 Å². The average Bonchev–Trinajstić information content (AvgIpc) is 2.29. The Labute approximate surface area is 122 Å². The number of aromatic nitrogens is 3. The largest absolute Gasteiger partial charge is 0.351 e. The predicted octanol–water partition coefficient (Wildman–Crippen LogP) is 2.61. The van der Waals surface area contributed by atoms with E-state index in [-0.39, 0.29) is 10.6 Å². The summed E-state index contributed by atoms with van der Waals surface area (Å²) in [6, 6.07) is 1.72. The number of rotatable bonds is 2. The lowest BCUT2D eigenvalue weighted by Crippen LogP contribution is -2.52. The number of nitrogens with one attached hydrogen (secondary N) is 1. The lowest BCUT2D eigenvalue weighted by atomic mass is 9.82. The molecule has 0 amide bonds. The van der Waals surface area contributed by atoms with Crippen LogP contribution in [0.3, 0.4) is 0 Å². The Kier molecular flexibility index (Phi) is 3.78. The van der Waals surface area contributed by atoms with Crippen molar-refractivity contribution < 1.29 is 0 Å². The van der Waals surface area contributed by atoms with E-state index >= 15 is 0 Å². The van der Waals surface area contributed by atoms with Gasteiger partial charge in [-0.1, -0.05) is 6.42 Å². The van der Waals surface area contributed by atoms with Crippen LogP contribution in [0, 0.1) is 0 Å². The van der Waals surface area contributed by atoms with E-state index in [0.29, 0.717) is 24.1 Å². The average molecular weight is 302 g/mol. The first-order valence-electron chi connectivity index (χ1n) is 6.67. The molecule has 0 spiro atoms. The summed E-state index contributed by atoms with van der Waals surface area (Å²) in [5.41, 5.74) is 0. The van der Waals surface area contributed by atoms with E-state index in [0.717, 1.165) is 12.8 Å². The second kappa shape index (κ2) is 5.38. The summed E-state index contributed by atoms with van der Waals surface area (Å²) in [4.78, 5) is 14.4. The number of nitrogens with zero attached hydrogens (tertiary/aromatic N) is 4. The second-order valence-corrected chi connectivity index (χ2v) is 6.09. The molecule has 1 N–H and O–H groups in total. The number of piperidine rings is 2. The summed E-state index contributed by atoms with van der Waals surface area (Å²) in [6.45, 7) is 0. The van der Waals surface area contributed by atoms with Crippen molar-refractivity contribution in [3.05, 3.63) is 10.6 Å². The van der Waals surface area contributed by atoms with E-state index < -0.39 is 0 Å². The first-order valence-corrected chi connectivity index (χ1v) is 7.43. The molecule has 0 saturated carbocycles. The van der Waals surface area contributed by atoms with Gasteiger partial charge >= 0.3 is 0 Å². The molecule has 2 bridgehead atoms. The molecule has 2 atom stereocenters. The molecule has 3 rings (SSSR count). The van der Waals surface area contributed by atoms with Crippen molar-refractivity contribution in [1.29, 1.82) is 0 Å². The van der Waals surface area contributed by atoms with Gasteiger partial charge in [0.15, 0.2) is 0 Å². The minimum Gasteiger partial charge on any atom is -0.351 e. The summed E-state index contributed by atoms with van der Waals surface area (Å²) in [5.74, 6) is 0.484. The number of hydrogen-bond donors (Lipinski definition) is 1. The lowest BCUT2D eigenvalue weighted by Gasteiger charge is -2.47. The van der Waals surface area contributed by atoms with E-state index in [4.69, 9.17) is 23.2 Å². The molecule has 19 heavy (non-hydrogen) atoms. The first-order chi connectivity index (χ1) is 9.11. The maximum Gasteiger partial charge on any atom is 0.228 e. The maximum absolute atomic E-state index is 5.79. The van der Waals surface area contributed by atoms with Gasteiger partial charge in [0.1, 0.15) is 0 Å². The van der Waals surface area contributed by atoms with Crippen LogP contribution in [0.5, 0.6) is 0 Å². The monoisotopic (exact) mass is 301 g/mol. The van der Waals surface area contributed by atoms with Crippen LogP contribution in [0.4, 0.5) is 5.95 Å². The van der Waals surface area contributed by atoms with Gasteiger partial charge in [-0.15, -0.1) is 0 Å². The third-order valence-corrected chi connectivity index (χ3v) is 4.59. The van der Waals surface area contributed by atoms with E-state index in [1.54, 1.807) is 0 Å². The highest BCUT2D eigenvalue weighted by molar-refractivity contribution is 6.31. The molecular weight excluding hydrogens is 285 g/mol. The van der Waals surface area contributed by atoms with Gasteiger partial charge in [-0.3, -0.25) is 0 Å². The first kappa shape index (κ1) is 13.3. The zero-order valence-corrected chi connectivity index (χ0v) is 12.3. The van der Waals surface area contributed by atoms with Gasteiger partial charge in [-0.05, 0) is 55.9 Å². The molecular formula is C12H17Cl2N5. The normalized spacial score (nSPS) is 31.2. The van der Waals surface area contributed by atoms with Crippen LogP contribution in [0.2, 0.25) is 10.6 Å². The molecule has 5 nitrogen and oxygen atoms in total. The zero-order valence-electron chi connectivity index (χ0n) is 10.8. The Morgan fingerprint density at radius 2 is 1.63 bits per heavy atom. The van der Waals surface area contributed by atoms with Crippen LogP contribution in [0.15, 0.2) is 0 Å².